The largest absolute Gasteiger partial charge is 0.296 e. The van der Waals surface area contributed by atoms with Crippen LogP contribution in [-0.2, 0) is 6.42 Å². The minimum Gasteiger partial charge on any atom is -0.296 e. The molecule has 2 aromatic carbocycles. The highest BCUT2D eigenvalue weighted by atomic mass is 35.5. The highest BCUT2D eigenvalue weighted by Crippen LogP contribution is 2.25. The molecular formula is C15H10ClF3N2. The zero-order chi connectivity index (χ0) is 15.0. The van der Waals surface area contributed by atoms with E-state index in [9.17, 15) is 13.2 Å². The average molecular weight is 311 g/mol. The van der Waals surface area contributed by atoms with E-state index in [1.165, 1.54) is 28.8 Å². The molecule has 0 saturated heterocycles. The van der Waals surface area contributed by atoms with Gasteiger partial charge in [-0.25, -0.2) is 18.2 Å². The average Bonchev–Trinajstić information content (AvgIpc) is 2.78. The molecule has 1 aromatic heterocycles. The quantitative estimate of drug-likeness (QED) is 0.662. The van der Waals surface area contributed by atoms with Gasteiger partial charge in [0.2, 0.25) is 0 Å². The van der Waals surface area contributed by atoms with E-state index in [2.05, 4.69) is 4.98 Å². The maximum absolute atomic E-state index is 13.8. The molecule has 0 saturated carbocycles. The molecule has 0 atom stereocenters. The van der Waals surface area contributed by atoms with Gasteiger partial charge in [0, 0.05) is 18.4 Å². The summed E-state index contributed by atoms with van der Waals surface area (Å²) in [5.74, 6) is -1.18. The van der Waals surface area contributed by atoms with E-state index in [0.29, 0.717) is 17.8 Å². The van der Waals surface area contributed by atoms with Gasteiger partial charge in [-0.1, -0.05) is 6.07 Å². The Morgan fingerprint density at radius 2 is 1.76 bits per heavy atom. The standard InChI is InChI=1S/C15H10ClF3N2/c16-5-4-14-20-15-12(19)2-1-3-13(15)21(14)11-7-9(17)6-10(18)8-11/h1-3,6-8H,4-5H2. The normalized spacial score (nSPS) is 11.2. The molecule has 0 N–H and O–H groups in total. The lowest BCUT2D eigenvalue weighted by Crippen LogP contribution is -2.03. The molecule has 2 nitrogen and oxygen atoms in total. The summed E-state index contributed by atoms with van der Waals surface area (Å²) in [5.41, 5.74) is 0.850. The van der Waals surface area contributed by atoms with Gasteiger partial charge in [0.15, 0.2) is 5.82 Å². The van der Waals surface area contributed by atoms with Crippen molar-refractivity contribution in [1.82, 2.24) is 9.55 Å². The van der Waals surface area contributed by atoms with Crippen LogP contribution in [0, 0.1) is 17.5 Å². The molecule has 0 unspecified atom stereocenters. The maximum Gasteiger partial charge on any atom is 0.151 e. The third-order valence-corrected chi connectivity index (χ3v) is 3.32. The van der Waals surface area contributed by atoms with E-state index in [1.54, 1.807) is 6.07 Å². The van der Waals surface area contributed by atoms with E-state index in [1.807, 2.05) is 0 Å². The summed E-state index contributed by atoms with van der Waals surface area (Å²) in [6.45, 7) is 0. The fourth-order valence-electron chi connectivity index (χ4n) is 2.32. The number of hydrogen-bond donors (Lipinski definition) is 0. The van der Waals surface area contributed by atoms with Gasteiger partial charge in [-0.2, -0.15) is 0 Å². The third-order valence-electron chi connectivity index (χ3n) is 3.13. The number of nitrogens with zero attached hydrogens (tertiary/aromatic N) is 2. The predicted octanol–water partition coefficient (Wildman–Crippen LogP) is 4.22. The number of hydrogen-bond acceptors (Lipinski definition) is 1. The van der Waals surface area contributed by atoms with Crippen LogP contribution < -0.4 is 0 Å². The number of para-hydroxylation sites is 1. The minimum absolute atomic E-state index is 0.155. The van der Waals surface area contributed by atoms with E-state index in [4.69, 9.17) is 11.6 Å². The number of fused-ring (bicyclic) bond motifs is 1. The molecule has 3 aromatic rings. The number of imidazole rings is 1. The van der Waals surface area contributed by atoms with E-state index in [-0.39, 0.29) is 17.1 Å². The van der Waals surface area contributed by atoms with Crippen molar-refractivity contribution < 1.29 is 13.2 Å². The lowest BCUT2D eigenvalue weighted by atomic mass is 10.2. The maximum atomic E-state index is 13.8. The van der Waals surface area contributed by atoms with Crippen molar-refractivity contribution in [1.29, 1.82) is 0 Å². The molecule has 0 radical (unpaired) electrons. The topological polar surface area (TPSA) is 17.8 Å². The first-order chi connectivity index (χ1) is 10.1. The Kier molecular flexibility index (Phi) is 3.59. The Hall–Kier alpha value is -2.01. The summed E-state index contributed by atoms with van der Waals surface area (Å²) < 4.78 is 42.2. The molecule has 0 aliphatic rings. The third kappa shape index (κ3) is 2.49. The Labute approximate surface area is 123 Å². The van der Waals surface area contributed by atoms with Crippen molar-refractivity contribution in [3.63, 3.8) is 0 Å². The van der Waals surface area contributed by atoms with Crippen LogP contribution in [0.2, 0.25) is 0 Å². The lowest BCUT2D eigenvalue weighted by molar-refractivity contribution is 0.581. The van der Waals surface area contributed by atoms with Gasteiger partial charge in [0.05, 0.1) is 11.2 Å². The van der Waals surface area contributed by atoms with E-state index >= 15 is 0 Å². The van der Waals surface area contributed by atoms with Gasteiger partial charge in [-0.3, -0.25) is 4.57 Å². The summed E-state index contributed by atoms with van der Waals surface area (Å²) >= 11 is 5.73. The van der Waals surface area contributed by atoms with Crippen molar-refractivity contribution in [2.75, 3.05) is 5.88 Å². The monoisotopic (exact) mass is 310 g/mol. The molecule has 108 valence electrons. The molecule has 6 heteroatoms. The van der Waals surface area contributed by atoms with Gasteiger partial charge >= 0.3 is 0 Å². The molecule has 0 fully saturated rings. The van der Waals surface area contributed by atoms with Crippen molar-refractivity contribution in [2.24, 2.45) is 0 Å². The Morgan fingerprint density at radius 1 is 1.05 bits per heavy atom. The minimum atomic E-state index is -0.708. The fourth-order valence-corrected chi connectivity index (χ4v) is 2.49. The first kappa shape index (κ1) is 13.9. The number of aryl methyl sites for hydroxylation is 1. The molecule has 0 bridgehead atoms. The molecule has 0 spiro atoms. The second-order valence-electron chi connectivity index (χ2n) is 4.54. The highest BCUT2D eigenvalue weighted by molar-refractivity contribution is 6.17. The van der Waals surface area contributed by atoms with Crippen LogP contribution in [0.4, 0.5) is 13.2 Å². The first-order valence-corrected chi connectivity index (χ1v) is 6.82. The fraction of sp³-hybridized carbons (Fsp3) is 0.133. The first-order valence-electron chi connectivity index (χ1n) is 6.28. The smallest absolute Gasteiger partial charge is 0.151 e. The summed E-state index contributed by atoms with van der Waals surface area (Å²) in [4.78, 5) is 4.20. The Morgan fingerprint density at radius 3 is 2.43 bits per heavy atom. The predicted molar refractivity (Wildman–Crippen MR) is 75.4 cm³/mol. The summed E-state index contributed by atoms with van der Waals surface area (Å²) in [6.07, 6.45) is 0.355. The lowest BCUT2D eigenvalue weighted by Gasteiger charge is -2.09. The van der Waals surface area contributed by atoms with Crippen LogP contribution in [-0.4, -0.2) is 15.4 Å². The van der Waals surface area contributed by atoms with Crippen molar-refractivity contribution in [3.8, 4) is 5.69 Å². The van der Waals surface area contributed by atoms with Gasteiger partial charge < -0.3 is 0 Å². The molecule has 0 amide bonds. The number of rotatable bonds is 3. The van der Waals surface area contributed by atoms with Crippen LogP contribution in [0.15, 0.2) is 36.4 Å². The van der Waals surface area contributed by atoms with Gasteiger partial charge in [-0.05, 0) is 24.3 Å². The SMILES string of the molecule is Fc1cc(F)cc(-n2c(CCCl)nc3c(F)cccc32)c1. The molecule has 0 aliphatic heterocycles. The molecular weight excluding hydrogens is 301 g/mol. The summed E-state index contributed by atoms with van der Waals surface area (Å²) in [7, 11) is 0. The van der Waals surface area contributed by atoms with Crippen LogP contribution in [0.3, 0.4) is 0 Å². The molecule has 3 rings (SSSR count). The Bertz CT molecular complexity index is 794. The second kappa shape index (κ2) is 5.41. The van der Waals surface area contributed by atoms with Crippen LogP contribution in [0.1, 0.15) is 5.82 Å². The molecule has 1 heterocycles. The number of benzene rings is 2. The van der Waals surface area contributed by atoms with E-state index in [0.717, 1.165) is 6.07 Å². The zero-order valence-electron chi connectivity index (χ0n) is 10.8. The molecule has 21 heavy (non-hydrogen) atoms. The van der Waals surface area contributed by atoms with Crippen molar-refractivity contribution in [2.45, 2.75) is 6.42 Å². The van der Waals surface area contributed by atoms with Crippen LogP contribution in [0.5, 0.6) is 0 Å². The van der Waals surface area contributed by atoms with E-state index < -0.39 is 17.5 Å². The van der Waals surface area contributed by atoms with Gasteiger partial charge in [0.1, 0.15) is 23.0 Å². The number of halogens is 4. The second-order valence-corrected chi connectivity index (χ2v) is 4.92. The molecule has 0 aliphatic carbocycles. The summed E-state index contributed by atoms with van der Waals surface area (Å²) in [6, 6.07) is 7.59. The number of aromatic nitrogens is 2. The number of alkyl halides is 1. The highest BCUT2D eigenvalue weighted by Gasteiger charge is 2.15. The van der Waals surface area contributed by atoms with Crippen LogP contribution >= 0.6 is 11.6 Å². The van der Waals surface area contributed by atoms with Crippen molar-refractivity contribution in [3.05, 3.63) is 59.7 Å². The van der Waals surface area contributed by atoms with Crippen molar-refractivity contribution >= 4 is 22.6 Å². The van der Waals surface area contributed by atoms with Gasteiger partial charge in [-0.15, -0.1) is 11.6 Å². The van der Waals surface area contributed by atoms with Crippen LogP contribution in [0.25, 0.3) is 16.7 Å². The van der Waals surface area contributed by atoms with Gasteiger partial charge in [0.25, 0.3) is 0 Å². The summed E-state index contributed by atoms with van der Waals surface area (Å²) in [5, 5.41) is 0. The zero-order valence-corrected chi connectivity index (χ0v) is 11.5. The Balaban J connectivity index is 2.33.